The van der Waals surface area contributed by atoms with E-state index in [4.69, 9.17) is 5.84 Å². The molecule has 0 aliphatic rings. The SMILES string of the molecule is Cc1cc(NN)nc(-c2ccc3ccccc3n2)n1. The normalized spacial score (nSPS) is 10.6. The molecule has 1 aromatic carbocycles. The lowest BCUT2D eigenvalue weighted by atomic mass is 10.2. The van der Waals surface area contributed by atoms with Gasteiger partial charge in [-0.1, -0.05) is 24.3 Å². The van der Waals surface area contributed by atoms with Gasteiger partial charge in [-0.05, 0) is 19.1 Å². The number of nitrogens with one attached hydrogen (secondary N) is 1. The number of nitrogens with zero attached hydrogens (tertiary/aromatic N) is 3. The first-order valence-corrected chi connectivity index (χ1v) is 5.95. The quantitative estimate of drug-likeness (QED) is 0.539. The van der Waals surface area contributed by atoms with Crippen molar-refractivity contribution in [2.24, 2.45) is 5.84 Å². The van der Waals surface area contributed by atoms with Crippen LogP contribution in [0.15, 0.2) is 42.5 Å². The predicted octanol–water partition coefficient (Wildman–Crippen LogP) is 2.29. The summed E-state index contributed by atoms with van der Waals surface area (Å²) in [5, 5.41) is 1.09. The average molecular weight is 251 g/mol. The molecule has 0 aliphatic heterocycles. The van der Waals surface area contributed by atoms with E-state index < -0.39 is 0 Å². The molecule has 0 bridgehead atoms. The lowest BCUT2D eigenvalue weighted by molar-refractivity contribution is 1.08. The van der Waals surface area contributed by atoms with Gasteiger partial charge in [0, 0.05) is 17.1 Å². The molecule has 0 spiro atoms. The fraction of sp³-hybridized carbons (Fsp3) is 0.0714. The molecular formula is C14H13N5. The maximum atomic E-state index is 5.40. The second-order valence-electron chi connectivity index (χ2n) is 4.25. The molecule has 0 amide bonds. The second kappa shape index (κ2) is 4.62. The summed E-state index contributed by atoms with van der Waals surface area (Å²) in [6, 6.07) is 13.7. The van der Waals surface area contributed by atoms with Gasteiger partial charge in [0.2, 0.25) is 0 Å². The zero-order valence-corrected chi connectivity index (χ0v) is 10.5. The van der Waals surface area contributed by atoms with Crippen LogP contribution in [0.25, 0.3) is 22.4 Å². The van der Waals surface area contributed by atoms with Gasteiger partial charge >= 0.3 is 0 Å². The van der Waals surface area contributed by atoms with Gasteiger partial charge in [0.05, 0.1) is 5.52 Å². The summed E-state index contributed by atoms with van der Waals surface area (Å²) in [6.07, 6.45) is 0. The summed E-state index contributed by atoms with van der Waals surface area (Å²) < 4.78 is 0. The molecule has 0 unspecified atom stereocenters. The number of nitrogen functional groups attached to an aromatic ring is 1. The Labute approximate surface area is 110 Å². The van der Waals surface area contributed by atoms with E-state index in [1.165, 1.54) is 0 Å². The summed E-state index contributed by atoms with van der Waals surface area (Å²) in [5.74, 6) is 6.54. The third-order valence-electron chi connectivity index (χ3n) is 2.83. The Morgan fingerprint density at radius 2 is 1.84 bits per heavy atom. The first-order chi connectivity index (χ1) is 9.26. The fourth-order valence-electron chi connectivity index (χ4n) is 1.95. The highest BCUT2D eigenvalue weighted by Crippen LogP contribution is 2.19. The Morgan fingerprint density at radius 3 is 2.68 bits per heavy atom. The number of para-hydroxylation sites is 1. The number of pyridine rings is 1. The van der Waals surface area contributed by atoms with Gasteiger partial charge in [-0.15, -0.1) is 0 Å². The Balaban J connectivity index is 2.15. The van der Waals surface area contributed by atoms with Crippen LogP contribution < -0.4 is 11.3 Å². The molecule has 2 aromatic heterocycles. The van der Waals surface area contributed by atoms with E-state index in [1.54, 1.807) is 6.07 Å². The number of aryl methyl sites for hydroxylation is 1. The largest absolute Gasteiger partial charge is 0.308 e. The number of rotatable bonds is 2. The van der Waals surface area contributed by atoms with Crippen molar-refractivity contribution in [3.63, 3.8) is 0 Å². The van der Waals surface area contributed by atoms with Crippen LogP contribution in [0.1, 0.15) is 5.69 Å². The van der Waals surface area contributed by atoms with Crippen LogP contribution in [0.5, 0.6) is 0 Å². The number of aromatic nitrogens is 3. The number of hydrogen-bond acceptors (Lipinski definition) is 5. The van der Waals surface area contributed by atoms with Crippen LogP contribution in [0, 0.1) is 6.92 Å². The molecule has 0 atom stereocenters. The molecule has 3 aromatic rings. The van der Waals surface area contributed by atoms with E-state index >= 15 is 0 Å². The van der Waals surface area contributed by atoms with Gasteiger partial charge in [0.25, 0.3) is 0 Å². The smallest absolute Gasteiger partial charge is 0.180 e. The van der Waals surface area contributed by atoms with E-state index in [0.717, 1.165) is 22.3 Å². The highest BCUT2D eigenvalue weighted by Gasteiger charge is 2.06. The summed E-state index contributed by atoms with van der Waals surface area (Å²) in [7, 11) is 0. The van der Waals surface area contributed by atoms with Crippen molar-refractivity contribution < 1.29 is 0 Å². The van der Waals surface area contributed by atoms with Crippen molar-refractivity contribution in [2.45, 2.75) is 6.92 Å². The Morgan fingerprint density at radius 1 is 1.00 bits per heavy atom. The van der Waals surface area contributed by atoms with Crippen LogP contribution in [-0.2, 0) is 0 Å². The molecule has 0 fully saturated rings. The number of anilines is 1. The molecule has 0 radical (unpaired) electrons. The molecule has 94 valence electrons. The predicted molar refractivity (Wildman–Crippen MR) is 75.3 cm³/mol. The molecule has 0 saturated heterocycles. The highest BCUT2D eigenvalue weighted by atomic mass is 15.3. The van der Waals surface area contributed by atoms with Crippen molar-refractivity contribution >= 4 is 16.7 Å². The van der Waals surface area contributed by atoms with Crippen LogP contribution in [0.3, 0.4) is 0 Å². The fourth-order valence-corrected chi connectivity index (χ4v) is 1.95. The monoisotopic (exact) mass is 251 g/mol. The first kappa shape index (κ1) is 11.6. The van der Waals surface area contributed by atoms with E-state index in [2.05, 4.69) is 20.4 Å². The third-order valence-corrected chi connectivity index (χ3v) is 2.83. The van der Waals surface area contributed by atoms with Crippen LogP contribution in [-0.4, -0.2) is 15.0 Å². The summed E-state index contributed by atoms with van der Waals surface area (Å²) in [5.41, 5.74) is 5.04. The van der Waals surface area contributed by atoms with Gasteiger partial charge in [0.15, 0.2) is 5.82 Å². The van der Waals surface area contributed by atoms with Crippen molar-refractivity contribution in [3.05, 3.63) is 48.2 Å². The number of nitrogens with two attached hydrogens (primary N) is 1. The lowest BCUT2D eigenvalue weighted by Gasteiger charge is -2.05. The highest BCUT2D eigenvalue weighted by molar-refractivity contribution is 5.80. The first-order valence-electron chi connectivity index (χ1n) is 5.95. The summed E-state index contributed by atoms with van der Waals surface area (Å²) in [6.45, 7) is 1.90. The lowest BCUT2D eigenvalue weighted by Crippen LogP contribution is -2.10. The van der Waals surface area contributed by atoms with Gasteiger partial charge in [-0.2, -0.15) is 0 Å². The zero-order chi connectivity index (χ0) is 13.2. The number of benzene rings is 1. The van der Waals surface area contributed by atoms with Gasteiger partial charge in [-0.25, -0.2) is 20.8 Å². The Bertz CT molecular complexity index is 739. The van der Waals surface area contributed by atoms with Crippen molar-refractivity contribution in [3.8, 4) is 11.5 Å². The summed E-state index contributed by atoms with van der Waals surface area (Å²) in [4.78, 5) is 13.3. The van der Waals surface area contributed by atoms with Gasteiger partial charge in [0.1, 0.15) is 11.5 Å². The minimum Gasteiger partial charge on any atom is -0.308 e. The minimum atomic E-state index is 0.568. The Kier molecular flexibility index (Phi) is 2.81. The molecule has 5 heteroatoms. The zero-order valence-electron chi connectivity index (χ0n) is 10.5. The standard InChI is InChI=1S/C14H13N5/c1-9-8-13(19-15)18-14(16-9)12-7-6-10-4-2-3-5-11(10)17-12/h2-8H,15H2,1H3,(H,16,18,19). The van der Waals surface area contributed by atoms with Gasteiger partial charge in [-0.3, -0.25) is 0 Å². The van der Waals surface area contributed by atoms with E-state index in [-0.39, 0.29) is 0 Å². The van der Waals surface area contributed by atoms with Crippen molar-refractivity contribution in [2.75, 3.05) is 5.43 Å². The Hall–Kier alpha value is -2.53. The van der Waals surface area contributed by atoms with Crippen LogP contribution in [0.2, 0.25) is 0 Å². The van der Waals surface area contributed by atoms with E-state index in [9.17, 15) is 0 Å². The number of hydrogen-bond donors (Lipinski definition) is 2. The summed E-state index contributed by atoms with van der Waals surface area (Å²) >= 11 is 0. The molecular weight excluding hydrogens is 238 g/mol. The third kappa shape index (κ3) is 2.23. The molecule has 3 N–H and O–H groups in total. The van der Waals surface area contributed by atoms with E-state index in [0.29, 0.717) is 11.6 Å². The molecule has 3 rings (SSSR count). The molecule has 5 nitrogen and oxygen atoms in total. The van der Waals surface area contributed by atoms with E-state index in [1.807, 2.05) is 43.3 Å². The van der Waals surface area contributed by atoms with Crippen molar-refractivity contribution in [1.82, 2.24) is 15.0 Å². The topological polar surface area (TPSA) is 76.7 Å². The molecule has 0 saturated carbocycles. The second-order valence-corrected chi connectivity index (χ2v) is 4.25. The van der Waals surface area contributed by atoms with Crippen LogP contribution >= 0.6 is 0 Å². The van der Waals surface area contributed by atoms with Gasteiger partial charge < -0.3 is 5.43 Å². The average Bonchev–Trinajstić information content (AvgIpc) is 2.46. The maximum Gasteiger partial charge on any atom is 0.180 e. The minimum absolute atomic E-state index is 0.568. The molecule has 2 heterocycles. The maximum absolute atomic E-state index is 5.40. The molecule has 0 aliphatic carbocycles. The van der Waals surface area contributed by atoms with Crippen LogP contribution in [0.4, 0.5) is 5.82 Å². The number of fused-ring (bicyclic) bond motifs is 1. The van der Waals surface area contributed by atoms with Crippen molar-refractivity contribution in [1.29, 1.82) is 0 Å². The number of hydrazine groups is 1. The molecule has 19 heavy (non-hydrogen) atoms.